The molecule has 14 nitrogen and oxygen atoms in total. The van der Waals surface area contributed by atoms with Gasteiger partial charge in [-0.3, -0.25) is 24.5 Å². The van der Waals surface area contributed by atoms with Crippen LogP contribution in [0.2, 0.25) is 0 Å². The SMILES string of the molecule is C=CCCC(=O)Nc1nc2c(ncn2[C@H]2C[C@H](OP(OC)N(C(C)C)C(C)C)[C@@H](COC(c3ccccc3)(c3ccc(OC)cc3)c3ccc(OC)cc3)O2)c(=O)[nH]1. The smallest absolute Gasteiger partial charge is 0.280 e. The van der Waals surface area contributed by atoms with Crippen molar-refractivity contribution in [3.8, 4) is 11.5 Å². The minimum absolute atomic E-state index is 0.0121. The number of nitrogens with zero attached hydrogens (tertiary/aromatic N) is 4. The summed E-state index contributed by atoms with van der Waals surface area (Å²) in [6, 6.07) is 26.0. The van der Waals surface area contributed by atoms with Crippen LogP contribution in [0.15, 0.2) is 103 Å². The molecule has 1 saturated heterocycles. The van der Waals surface area contributed by atoms with Crippen LogP contribution < -0.4 is 20.3 Å². The van der Waals surface area contributed by atoms with E-state index in [0.29, 0.717) is 24.3 Å². The fraction of sp³-hybridized carbons (Fsp3) is 0.395. The number of hydrogen-bond acceptors (Lipinski definition) is 11. The number of rotatable bonds is 19. The Morgan fingerprint density at radius 2 is 1.59 bits per heavy atom. The third kappa shape index (κ3) is 9.18. The van der Waals surface area contributed by atoms with Crippen LogP contribution in [0.3, 0.4) is 0 Å². The van der Waals surface area contributed by atoms with E-state index in [9.17, 15) is 9.59 Å². The second-order valence-electron chi connectivity index (χ2n) is 14.4. The average Bonchev–Trinajstić information content (AvgIpc) is 3.84. The molecule has 0 bridgehead atoms. The van der Waals surface area contributed by atoms with Gasteiger partial charge in [0.1, 0.15) is 29.4 Å². The lowest BCUT2D eigenvalue weighted by Gasteiger charge is -2.38. The van der Waals surface area contributed by atoms with Gasteiger partial charge >= 0.3 is 0 Å². The predicted molar refractivity (Wildman–Crippen MR) is 224 cm³/mol. The Labute approximate surface area is 340 Å². The number of ether oxygens (including phenoxy) is 4. The highest BCUT2D eigenvalue weighted by Gasteiger charge is 2.45. The molecule has 3 aromatic carbocycles. The van der Waals surface area contributed by atoms with Crippen LogP contribution in [0.5, 0.6) is 11.5 Å². The molecule has 6 rings (SSSR count). The number of carbonyl (C=O) groups is 1. The van der Waals surface area contributed by atoms with Gasteiger partial charge in [-0.15, -0.1) is 6.58 Å². The molecule has 0 radical (unpaired) electrons. The van der Waals surface area contributed by atoms with Gasteiger partial charge < -0.3 is 28.0 Å². The Morgan fingerprint density at radius 3 is 2.14 bits per heavy atom. The highest BCUT2D eigenvalue weighted by molar-refractivity contribution is 7.44. The molecule has 1 aliphatic heterocycles. The van der Waals surface area contributed by atoms with Gasteiger partial charge in [-0.2, -0.15) is 4.98 Å². The molecule has 1 unspecified atom stereocenters. The molecule has 4 atom stereocenters. The van der Waals surface area contributed by atoms with Gasteiger partial charge in [0.15, 0.2) is 11.2 Å². The van der Waals surface area contributed by atoms with Crippen molar-refractivity contribution in [3.05, 3.63) is 125 Å². The molecule has 0 saturated carbocycles. The number of imidazole rings is 1. The quantitative estimate of drug-likeness (QED) is 0.0479. The molecule has 0 aliphatic carbocycles. The molecular weight excluding hydrogens is 759 g/mol. The van der Waals surface area contributed by atoms with Crippen LogP contribution in [-0.4, -0.2) is 82.3 Å². The van der Waals surface area contributed by atoms with Crippen LogP contribution in [-0.2, 0) is 28.9 Å². The first-order valence-corrected chi connectivity index (χ1v) is 20.5. The van der Waals surface area contributed by atoms with E-state index >= 15 is 0 Å². The van der Waals surface area contributed by atoms with Crippen molar-refractivity contribution < 1.29 is 32.8 Å². The first kappa shape index (κ1) is 42.7. The fourth-order valence-electron chi connectivity index (χ4n) is 7.32. The summed E-state index contributed by atoms with van der Waals surface area (Å²) in [4.78, 5) is 37.4. The van der Waals surface area contributed by atoms with Crippen LogP contribution >= 0.6 is 8.53 Å². The number of methoxy groups -OCH3 is 2. The number of allylic oxidation sites excluding steroid dienone is 1. The van der Waals surface area contributed by atoms with Gasteiger partial charge in [-0.25, -0.2) is 9.65 Å². The first-order valence-electron chi connectivity index (χ1n) is 19.3. The minimum atomic E-state index is -1.54. The van der Waals surface area contributed by atoms with Gasteiger partial charge in [0.05, 0.1) is 33.3 Å². The van der Waals surface area contributed by atoms with Crippen molar-refractivity contribution >= 4 is 31.5 Å². The largest absolute Gasteiger partial charge is 0.497 e. The molecule has 0 spiro atoms. The van der Waals surface area contributed by atoms with Gasteiger partial charge in [-0.1, -0.05) is 60.7 Å². The molecule has 1 fully saturated rings. The van der Waals surface area contributed by atoms with Gasteiger partial charge in [0.25, 0.3) is 14.1 Å². The summed E-state index contributed by atoms with van der Waals surface area (Å²) in [5.41, 5.74) is 1.39. The Balaban J connectivity index is 1.42. The second kappa shape index (κ2) is 19.2. The lowest BCUT2D eigenvalue weighted by atomic mass is 9.80. The van der Waals surface area contributed by atoms with Crippen molar-refractivity contribution in [1.29, 1.82) is 0 Å². The van der Waals surface area contributed by atoms with E-state index in [1.807, 2.05) is 78.9 Å². The van der Waals surface area contributed by atoms with Crippen molar-refractivity contribution in [2.75, 3.05) is 33.3 Å². The van der Waals surface area contributed by atoms with Crippen molar-refractivity contribution in [1.82, 2.24) is 24.2 Å². The predicted octanol–water partition coefficient (Wildman–Crippen LogP) is 7.72. The maximum absolute atomic E-state index is 13.2. The third-order valence-corrected chi connectivity index (χ3v) is 12.1. The summed E-state index contributed by atoms with van der Waals surface area (Å²) in [7, 11) is 3.39. The number of H-pyrrole nitrogens is 1. The van der Waals surface area contributed by atoms with Gasteiger partial charge in [-0.05, 0) is 75.1 Å². The average molecular weight is 813 g/mol. The monoisotopic (exact) mass is 812 g/mol. The number of carbonyl (C=O) groups excluding carboxylic acids is 1. The molecule has 15 heteroatoms. The Morgan fingerprint density at radius 1 is 0.983 bits per heavy atom. The highest BCUT2D eigenvalue weighted by Crippen LogP contribution is 2.50. The van der Waals surface area contributed by atoms with Crippen molar-refractivity contribution in [3.63, 3.8) is 0 Å². The van der Waals surface area contributed by atoms with Crippen LogP contribution in [0.1, 0.15) is 69.9 Å². The number of fused-ring (bicyclic) bond motifs is 1. The summed E-state index contributed by atoms with van der Waals surface area (Å²) in [5, 5.41) is 2.68. The number of nitrogens with one attached hydrogen (secondary N) is 2. The van der Waals surface area contributed by atoms with E-state index in [1.54, 1.807) is 32.0 Å². The highest BCUT2D eigenvalue weighted by atomic mass is 31.2. The summed E-state index contributed by atoms with van der Waals surface area (Å²) in [6.07, 6.45) is 2.37. The molecule has 3 heterocycles. The van der Waals surface area contributed by atoms with E-state index in [2.05, 4.69) is 59.2 Å². The summed E-state index contributed by atoms with van der Waals surface area (Å²) >= 11 is 0. The zero-order chi connectivity index (χ0) is 41.4. The molecule has 2 aromatic heterocycles. The Hall–Kier alpha value is -4.95. The summed E-state index contributed by atoms with van der Waals surface area (Å²) in [6.45, 7) is 12.2. The van der Waals surface area contributed by atoms with Gasteiger partial charge in [0, 0.05) is 32.0 Å². The fourth-order valence-corrected chi connectivity index (χ4v) is 8.91. The van der Waals surface area contributed by atoms with E-state index in [4.69, 9.17) is 28.0 Å². The second-order valence-corrected chi connectivity index (χ2v) is 15.9. The maximum atomic E-state index is 13.2. The maximum Gasteiger partial charge on any atom is 0.280 e. The zero-order valence-corrected chi connectivity index (χ0v) is 35.0. The molecule has 308 valence electrons. The van der Waals surface area contributed by atoms with E-state index < -0.39 is 38.1 Å². The number of aromatic nitrogens is 4. The van der Waals surface area contributed by atoms with E-state index in [0.717, 1.165) is 16.7 Å². The first-order chi connectivity index (χ1) is 28.0. The normalized spacial score (nSPS) is 17.6. The standard InChI is InChI=1S/C43H53N6O8P/c1-9-10-16-37(50)45-42-46-40-39(41(51)47-42)44-27-48(40)38-25-35(57-58(54-8)49(28(2)3)29(4)5)36(56-38)26-55-43(30-14-12-11-13-15-30,31-17-21-33(52-6)22-18-31)32-19-23-34(53-7)24-20-32/h9,11-15,17-24,27-29,35-36,38H,1,10,16,25-26H2,2-8H3,(H2,45,46,47,50,51)/t35-,36+,38+,58?/m0/s1. The molecule has 1 amide bonds. The lowest BCUT2D eigenvalue weighted by Crippen LogP contribution is -2.39. The summed E-state index contributed by atoms with van der Waals surface area (Å²) < 4.78 is 42.2. The molecule has 5 aromatic rings. The van der Waals surface area contributed by atoms with Gasteiger partial charge in [0.2, 0.25) is 11.9 Å². The van der Waals surface area contributed by atoms with Crippen molar-refractivity contribution in [2.24, 2.45) is 0 Å². The molecule has 1 aliphatic rings. The number of benzene rings is 3. The number of anilines is 1. The van der Waals surface area contributed by atoms with Crippen LogP contribution in [0.4, 0.5) is 5.95 Å². The summed E-state index contributed by atoms with van der Waals surface area (Å²) in [5.74, 6) is 1.13. The zero-order valence-electron chi connectivity index (χ0n) is 34.1. The van der Waals surface area contributed by atoms with Crippen molar-refractivity contribution in [2.45, 2.75) is 83.1 Å². The minimum Gasteiger partial charge on any atom is -0.497 e. The molecule has 2 N–H and O–H groups in total. The number of aromatic amines is 1. The van der Waals surface area contributed by atoms with Crippen LogP contribution in [0, 0.1) is 0 Å². The van der Waals surface area contributed by atoms with E-state index in [-0.39, 0.29) is 48.1 Å². The molecule has 58 heavy (non-hydrogen) atoms. The molecular formula is C43H53N6O8P. The third-order valence-electron chi connectivity index (χ3n) is 10.0. The lowest BCUT2D eigenvalue weighted by molar-refractivity contribution is -0.116. The number of amides is 1. The Kier molecular flexibility index (Phi) is 14.1. The topological polar surface area (TPSA) is 151 Å². The Bertz CT molecular complexity index is 2120. The number of hydrogen-bond donors (Lipinski definition) is 2. The van der Waals surface area contributed by atoms with E-state index in [1.165, 1.54) is 6.33 Å². The van der Waals surface area contributed by atoms with Crippen LogP contribution in [0.25, 0.3) is 11.2 Å².